The number of nitrogens with one attached hydrogen (secondary N) is 2. The summed E-state index contributed by atoms with van der Waals surface area (Å²) in [5, 5.41) is 13.9. The van der Waals surface area contributed by atoms with Crippen molar-refractivity contribution in [3.63, 3.8) is 0 Å². The Morgan fingerprint density at radius 1 is 1.00 bits per heavy atom. The molecule has 7 heteroatoms. The molecule has 0 radical (unpaired) electrons. The number of amides is 2. The van der Waals surface area contributed by atoms with E-state index in [9.17, 15) is 14.4 Å². The second-order valence-electron chi connectivity index (χ2n) is 7.48. The van der Waals surface area contributed by atoms with Gasteiger partial charge in [-0.3, -0.25) is 4.79 Å². The Balaban J connectivity index is 1.50. The molecule has 0 spiro atoms. The van der Waals surface area contributed by atoms with Gasteiger partial charge in [0.15, 0.2) is 0 Å². The van der Waals surface area contributed by atoms with Crippen LogP contribution in [0, 0.1) is 0 Å². The number of benzene rings is 2. The average molecular weight is 396 g/mol. The molecular weight excluding hydrogens is 372 g/mol. The Bertz CT molecular complexity index is 893. The fourth-order valence-corrected chi connectivity index (χ4v) is 3.39. The lowest BCUT2D eigenvalue weighted by Crippen LogP contribution is -2.50. The zero-order valence-electron chi connectivity index (χ0n) is 16.4. The third-order valence-electron chi connectivity index (χ3n) is 4.95. The van der Waals surface area contributed by atoms with Gasteiger partial charge in [-0.25, -0.2) is 9.59 Å². The van der Waals surface area contributed by atoms with Gasteiger partial charge in [0, 0.05) is 18.9 Å². The van der Waals surface area contributed by atoms with Gasteiger partial charge >= 0.3 is 12.1 Å². The van der Waals surface area contributed by atoms with E-state index in [4.69, 9.17) is 9.84 Å². The number of hydrogen-bond donors (Lipinski definition) is 3. The van der Waals surface area contributed by atoms with Crippen LogP contribution in [0.1, 0.15) is 37.3 Å². The summed E-state index contributed by atoms with van der Waals surface area (Å²) in [7, 11) is 0. The van der Waals surface area contributed by atoms with Gasteiger partial charge in [0.2, 0.25) is 5.91 Å². The quantitative estimate of drug-likeness (QED) is 0.667. The van der Waals surface area contributed by atoms with Crippen molar-refractivity contribution >= 4 is 18.0 Å². The maximum Gasteiger partial charge on any atom is 0.407 e. The Kier molecular flexibility index (Phi) is 5.87. The monoisotopic (exact) mass is 396 g/mol. The highest BCUT2D eigenvalue weighted by Gasteiger charge is 2.30. The van der Waals surface area contributed by atoms with E-state index in [1.807, 2.05) is 36.4 Å². The van der Waals surface area contributed by atoms with Crippen molar-refractivity contribution in [3.8, 4) is 11.1 Å². The molecule has 0 bridgehead atoms. The molecule has 0 saturated carbocycles. The Morgan fingerprint density at radius 2 is 1.55 bits per heavy atom. The number of rotatable bonds is 7. The number of fused-ring (bicyclic) bond motifs is 3. The number of aliphatic carboxylic acids is 1. The van der Waals surface area contributed by atoms with E-state index in [2.05, 4.69) is 22.8 Å². The van der Waals surface area contributed by atoms with E-state index in [0.29, 0.717) is 0 Å². The van der Waals surface area contributed by atoms with Gasteiger partial charge in [-0.1, -0.05) is 48.5 Å². The van der Waals surface area contributed by atoms with Gasteiger partial charge in [0.05, 0.1) is 0 Å². The second-order valence-corrected chi connectivity index (χ2v) is 7.48. The molecule has 0 unspecified atom stereocenters. The first kappa shape index (κ1) is 20.4. The van der Waals surface area contributed by atoms with Crippen LogP contribution < -0.4 is 10.6 Å². The van der Waals surface area contributed by atoms with Crippen LogP contribution in [0.4, 0.5) is 4.79 Å². The lowest BCUT2D eigenvalue weighted by atomic mass is 9.98. The molecule has 2 aromatic carbocycles. The molecule has 0 atom stereocenters. The lowest BCUT2D eigenvalue weighted by Gasteiger charge is -2.21. The average Bonchev–Trinajstić information content (AvgIpc) is 3.00. The highest BCUT2D eigenvalue weighted by molar-refractivity contribution is 5.86. The van der Waals surface area contributed by atoms with Crippen LogP contribution >= 0.6 is 0 Å². The normalized spacial score (nSPS) is 12.6. The highest BCUT2D eigenvalue weighted by Crippen LogP contribution is 2.44. The highest BCUT2D eigenvalue weighted by atomic mass is 16.5. The molecule has 29 heavy (non-hydrogen) atoms. The third kappa shape index (κ3) is 4.56. The van der Waals surface area contributed by atoms with Crippen LogP contribution in [-0.2, 0) is 14.3 Å². The van der Waals surface area contributed by atoms with Crippen LogP contribution in [0.2, 0.25) is 0 Å². The first-order valence-corrected chi connectivity index (χ1v) is 9.43. The lowest BCUT2D eigenvalue weighted by molar-refractivity contribution is -0.146. The second kappa shape index (κ2) is 8.34. The first-order chi connectivity index (χ1) is 13.8. The molecule has 0 aromatic heterocycles. The van der Waals surface area contributed by atoms with E-state index in [0.717, 1.165) is 22.3 Å². The summed E-state index contributed by atoms with van der Waals surface area (Å²) in [6.07, 6.45) is -0.655. The van der Waals surface area contributed by atoms with Crippen LogP contribution in [0.15, 0.2) is 48.5 Å². The van der Waals surface area contributed by atoms with E-state index >= 15 is 0 Å². The number of carboxylic acid groups (broad SMARTS) is 1. The van der Waals surface area contributed by atoms with E-state index in [1.54, 1.807) is 0 Å². The Morgan fingerprint density at radius 3 is 2.10 bits per heavy atom. The number of alkyl carbamates (subject to hydrolysis) is 1. The zero-order chi connectivity index (χ0) is 21.0. The molecule has 1 aliphatic carbocycles. The van der Waals surface area contributed by atoms with Crippen molar-refractivity contribution in [1.29, 1.82) is 0 Å². The Labute approximate surface area is 169 Å². The summed E-state index contributed by atoms with van der Waals surface area (Å²) < 4.78 is 5.38. The molecule has 3 N–H and O–H groups in total. The number of carbonyl (C=O) groups excluding carboxylic acids is 2. The number of carbonyl (C=O) groups is 3. The molecule has 0 saturated heterocycles. The number of ether oxygens (including phenoxy) is 1. The summed E-state index contributed by atoms with van der Waals surface area (Å²) in [4.78, 5) is 34.9. The third-order valence-corrected chi connectivity index (χ3v) is 4.95. The molecule has 7 nitrogen and oxygen atoms in total. The van der Waals surface area contributed by atoms with Gasteiger partial charge in [-0.05, 0) is 36.1 Å². The predicted octanol–water partition coefficient (Wildman–Crippen LogP) is 2.89. The minimum Gasteiger partial charge on any atom is -0.480 e. The number of hydrogen-bond acceptors (Lipinski definition) is 4. The fraction of sp³-hybridized carbons (Fsp3) is 0.318. The van der Waals surface area contributed by atoms with Crippen LogP contribution in [0.3, 0.4) is 0 Å². The SMILES string of the molecule is CC(C)(NC(=O)CCNC(=O)OCC1c2ccccc2-c2ccccc21)C(=O)O. The van der Waals surface area contributed by atoms with Crippen LogP contribution in [-0.4, -0.2) is 41.8 Å². The largest absolute Gasteiger partial charge is 0.480 e. The molecule has 0 heterocycles. The van der Waals surface area contributed by atoms with Gasteiger partial charge < -0.3 is 20.5 Å². The summed E-state index contributed by atoms with van der Waals surface area (Å²) in [5.74, 6) is -1.63. The maximum atomic E-state index is 12.0. The fourth-order valence-electron chi connectivity index (χ4n) is 3.39. The molecule has 1 aliphatic rings. The minimum absolute atomic E-state index is 0.0344. The predicted molar refractivity (Wildman–Crippen MR) is 108 cm³/mol. The Hall–Kier alpha value is -3.35. The molecule has 2 amide bonds. The molecule has 3 rings (SSSR count). The molecule has 0 aliphatic heterocycles. The standard InChI is InChI=1S/C22H24N2O5/c1-22(2,20(26)27)24-19(25)11-12-23-21(28)29-13-18-16-9-5-3-7-14(16)15-8-4-6-10-17(15)18/h3-10,18H,11-13H2,1-2H3,(H,23,28)(H,24,25)(H,26,27). The zero-order valence-corrected chi connectivity index (χ0v) is 16.4. The molecule has 2 aromatic rings. The van der Waals surface area contributed by atoms with Gasteiger partial charge in [-0.2, -0.15) is 0 Å². The smallest absolute Gasteiger partial charge is 0.407 e. The van der Waals surface area contributed by atoms with E-state index in [1.165, 1.54) is 13.8 Å². The summed E-state index contributed by atoms with van der Waals surface area (Å²) in [5.41, 5.74) is 3.18. The van der Waals surface area contributed by atoms with E-state index in [-0.39, 0.29) is 25.5 Å². The molecule has 152 valence electrons. The van der Waals surface area contributed by atoms with Crippen molar-refractivity contribution < 1.29 is 24.2 Å². The maximum absolute atomic E-state index is 12.0. The van der Waals surface area contributed by atoms with Gasteiger partial charge in [0.1, 0.15) is 12.1 Å². The molecular formula is C22H24N2O5. The van der Waals surface area contributed by atoms with Crippen molar-refractivity contribution in [3.05, 3.63) is 59.7 Å². The van der Waals surface area contributed by atoms with Gasteiger partial charge in [-0.15, -0.1) is 0 Å². The van der Waals surface area contributed by atoms with Crippen molar-refractivity contribution in [2.45, 2.75) is 31.7 Å². The van der Waals surface area contributed by atoms with E-state index < -0.39 is 23.5 Å². The van der Waals surface area contributed by atoms with Crippen LogP contribution in [0.25, 0.3) is 11.1 Å². The van der Waals surface area contributed by atoms with Gasteiger partial charge in [0.25, 0.3) is 0 Å². The molecule has 0 fully saturated rings. The van der Waals surface area contributed by atoms with Crippen LogP contribution in [0.5, 0.6) is 0 Å². The van der Waals surface area contributed by atoms with Crippen molar-refractivity contribution in [1.82, 2.24) is 10.6 Å². The first-order valence-electron chi connectivity index (χ1n) is 9.43. The summed E-state index contributed by atoms with van der Waals surface area (Å²) in [6.45, 7) is 3.04. The summed E-state index contributed by atoms with van der Waals surface area (Å²) in [6, 6.07) is 16.1. The number of carboxylic acids is 1. The van der Waals surface area contributed by atoms with Crippen molar-refractivity contribution in [2.24, 2.45) is 0 Å². The summed E-state index contributed by atoms with van der Waals surface area (Å²) >= 11 is 0. The minimum atomic E-state index is -1.36. The van der Waals surface area contributed by atoms with Crippen molar-refractivity contribution in [2.75, 3.05) is 13.2 Å². The topological polar surface area (TPSA) is 105 Å².